The van der Waals surface area contributed by atoms with E-state index in [2.05, 4.69) is 15.1 Å². The van der Waals surface area contributed by atoms with E-state index in [4.69, 9.17) is 0 Å². The molecule has 1 heterocycles. The Hall–Kier alpha value is -0.940. The van der Waals surface area contributed by atoms with Gasteiger partial charge in [-0.05, 0) is 19.8 Å². The Morgan fingerprint density at radius 2 is 2.00 bits per heavy atom. The molecular weight excluding hydrogens is 228 g/mol. The van der Waals surface area contributed by atoms with Crippen molar-refractivity contribution in [1.82, 2.24) is 19.7 Å². The summed E-state index contributed by atoms with van der Waals surface area (Å²) in [6, 6.07) is 0.600. The van der Waals surface area contributed by atoms with Gasteiger partial charge in [0.15, 0.2) is 0 Å². The van der Waals surface area contributed by atoms with Crippen LogP contribution in [0.3, 0.4) is 0 Å². The lowest BCUT2D eigenvalue weighted by Gasteiger charge is -2.33. The lowest BCUT2D eigenvalue weighted by Crippen LogP contribution is -2.38. The average molecular weight is 252 g/mol. The minimum absolute atomic E-state index is 0.216. The molecule has 1 aliphatic rings. The van der Waals surface area contributed by atoms with E-state index in [-0.39, 0.29) is 6.61 Å². The fourth-order valence-electron chi connectivity index (χ4n) is 2.74. The standard InChI is InChI=1S/C13H24N4O/c1-11-14-15-13(16(11)2)10-17(8-9-18)12-6-4-3-5-7-12/h12,18H,3-10H2,1-2H3. The number of hydrogen-bond donors (Lipinski definition) is 1. The lowest BCUT2D eigenvalue weighted by atomic mass is 9.94. The fourth-order valence-corrected chi connectivity index (χ4v) is 2.74. The van der Waals surface area contributed by atoms with Gasteiger partial charge in [-0.15, -0.1) is 10.2 Å². The normalized spacial score (nSPS) is 17.6. The minimum Gasteiger partial charge on any atom is -0.395 e. The molecule has 1 saturated carbocycles. The maximum Gasteiger partial charge on any atom is 0.146 e. The van der Waals surface area contributed by atoms with Crippen molar-refractivity contribution in [2.24, 2.45) is 7.05 Å². The Morgan fingerprint density at radius 1 is 1.28 bits per heavy atom. The quantitative estimate of drug-likeness (QED) is 0.857. The number of rotatable bonds is 5. The molecule has 2 rings (SSSR count). The van der Waals surface area contributed by atoms with E-state index in [0.29, 0.717) is 6.04 Å². The molecule has 1 aromatic heterocycles. The van der Waals surface area contributed by atoms with E-state index in [0.717, 1.165) is 24.7 Å². The first-order valence-corrected chi connectivity index (χ1v) is 6.92. The first kappa shape index (κ1) is 13.5. The fraction of sp³-hybridized carbons (Fsp3) is 0.846. The zero-order valence-corrected chi connectivity index (χ0v) is 11.5. The van der Waals surface area contributed by atoms with Crippen LogP contribution in [0.2, 0.25) is 0 Å². The molecule has 0 aliphatic heterocycles. The zero-order valence-electron chi connectivity index (χ0n) is 11.5. The summed E-state index contributed by atoms with van der Waals surface area (Å²) in [4.78, 5) is 2.36. The van der Waals surface area contributed by atoms with Crippen molar-refractivity contribution in [1.29, 1.82) is 0 Å². The summed E-state index contributed by atoms with van der Waals surface area (Å²) in [5, 5.41) is 17.6. The summed E-state index contributed by atoms with van der Waals surface area (Å²) in [7, 11) is 2.00. The van der Waals surface area contributed by atoms with Crippen molar-refractivity contribution in [2.75, 3.05) is 13.2 Å². The third-order valence-corrected chi connectivity index (χ3v) is 4.01. The van der Waals surface area contributed by atoms with E-state index in [1.807, 2.05) is 18.5 Å². The third kappa shape index (κ3) is 3.09. The van der Waals surface area contributed by atoms with Crippen molar-refractivity contribution in [2.45, 2.75) is 51.6 Å². The Kier molecular flexibility index (Phi) is 4.72. The third-order valence-electron chi connectivity index (χ3n) is 4.01. The summed E-state index contributed by atoms with van der Waals surface area (Å²) in [6.45, 7) is 3.71. The molecule has 0 amide bonds. The second-order valence-electron chi connectivity index (χ2n) is 5.21. The maximum absolute atomic E-state index is 9.24. The molecule has 0 unspecified atom stereocenters. The predicted molar refractivity (Wildman–Crippen MR) is 70.1 cm³/mol. The zero-order chi connectivity index (χ0) is 13.0. The number of aryl methyl sites for hydroxylation is 1. The van der Waals surface area contributed by atoms with E-state index in [1.54, 1.807) is 0 Å². The highest BCUT2D eigenvalue weighted by molar-refractivity contribution is 4.93. The predicted octanol–water partition coefficient (Wildman–Crippen LogP) is 1.25. The molecular formula is C13H24N4O. The Labute approximate surface area is 109 Å². The van der Waals surface area contributed by atoms with Crippen LogP contribution in [0.5, 0.6) is 0 Å². The van der Waals surface area contributed by atoms with Gasteiger partial charge in [-0.3, -0.25) is 4.90 Å². The lowest BCUT2D eigenvalue weighted by molar-refractivity contribution is 0.113. The number of hydrogen-bond acceptors (Lipinski definition) is 4. The first-order chi connectivity index (χ1) is 8.72. The van der Waals surface area contributed by atoms with Crippen LogP contribution in [0, 0.1) is 6.92 Å². The highest BCUT2D eigenvalue weighted by Gasteiger charge is 2.22. The Bertz CT molecular complexity index is 371. The molecule has 0 spiro atoms. The van der Waals surface area contributed by atoms with Gasteiger partial charge in [0.1, 0.15) is 11.6 Å². The Balaban J connectivity index is 2.03. The van der Waals surface area contributed by atoms with Gasteiger partial charge in [0, 0.05) is 19.6 Å². The first-order valence-electron chi connectivity index (χ1n) is 6.92. The van der Waals surface area contributed by atoms with Crippen LogP contribution in [0.4, 0.5) is 0 Å². The molecule has 5 nitrogen and oxygen atoms in total. The summed E-state index contributed by atoms with van der Waals surface area (Å²) >= 11 is 0. The summed E-state index contributed by atoms with van der Waals surface area (Å²) in [6.07, 6.45) is 6.47. The highest BCUT2D eigenvalue weighted by atomic mass is 16.3. The maximum atomic E-state index is 9.24. The van der Waals surface area contributed by atoms with Gasteiger partial charge in [0.2, 0.25) is 0 Å². The van der Waals surface area contributed by atoms with Gasteiger partial charge in [0.05, 0.1) is 13.2 Å². The van der Waals surface area contributed by atoms with E-state index in [9.17, 15) is 5.11 Å². The molecule has 1 aromatic rings. The van der Waals surface area contributed by atoms with Crippen LogP contribution in [0.15, 0.2) is 0 Å². The van der Waals surface area contributed by atoms with Crippen LogP contribution >= 0.6 is 0 Å². The van der Waals surface area contributed by atoms with Gasteiger partial charge in [-0.2, -0.15) is 0 Å². The molecule has 102 valence electrons. The number of aliphatic hydroxyl groups excluding tert-OH is 1. The molecule has 1 aliphatic carbocycles. The van der Waals surface area contributed by atoms with Crippen molar-refractivity contribution in [3.8, 4) is 0 Å². The van der Waals surface area contributed by atoms with Gasteiger partial charge in [0.25, 0.3) is 0 Å². The van der Waals surface area contributed by atoms with E-state index >= 15 is 0 Å². The van der Waals surface area contributed by atoms with Crippen molar-refractivity contribution >= 4 is 0 Å². The molecule has 0 aromatic carbocycles. The van der Waals surface area contributed by atoms with Crippen molar-refractivity contribution < 1.29 is 5.11 Å². The van der Waals surface area contributed by atoms with Crippen LogP contribution in [-0.4, -0.2) is 44.0 Å². The second kappa shape index (κ2) is 6.29. The van der Waals surface area contributed by atoms with Crippen molar-refractivity contribution in [3.05, 3.63) is 11.6 Å². The van der Waals surface area contributed by atoms with Gasteiger partial charge in [-0.1, -0.05) is 19.3 Å². The van der Waals surface area contributed by atoms with Crippen LogP contribution in [0.1, 0.15) is 43.8 Å². The number of aromatic nitrogens is 3. The smallest absolute Gasteiger partial charge is 0.146 e. The molecule has 18 heavy (non-hydrogen) atoms. The van der Waals surface area contributed by atoms with Crippen LogP contribution in [0.25, 0.3) is 0 Å². The van der Waals surface area contributed by atoms with Crippen LogP contribution < -0.4 is 0 Å². The summed E-state index contributed by atoms with van der Waals surface area (Å²) in [5.41, 5.74) is 0. The van der Waals surface area contributed by atoms with E-state index < -0.39 is 0 Å². The number of aliphatic hydroxyl groups is 1. The minimum atomic E-state index is 0.216. The topological polar surface area (TPSA) is 54.2 Å². The van der Waals surface area contributed by atoms with Crippen LogP contribution in [-0.2, 0) is 13.6 Å². The molecule has 5 heteroatoms. The molecule has 0 bridgehead atoms. The molecule has 0 saturated heterocycles. The second-order valence-corrected chi connectivity index (χ2v) is 5.21. The summed E-state index contributed by atoms with van der Waals surface area (Å²) in [5.74, 6) is 1.93. The van der Waals surface area contributed by atoms with Gasteiger partial charge < -0.3 is 9.67 Å². The van der Waals surface area contributed by atoms with Crippen molar-refractivity contribution in [3.63, 3.8) is 0 Å². The summed E-state index contributed by atoms with van der Waals surface area (Å²) < 4.78 is 2.03. The highest BCUT2D eigenvalue weighted by Crippen LogP contribution is 2.23. The average Bonchev–Trinajstić information content (AvgIpc) is 2.71. The molecule has 0 atom stereocenters. The number of nitrogens with zero attached hydrogens (tertiary/aromatic N) is 4. The SMILES string of the molecule is Cc1nnc(CN(CCO)C2CCCCC2)n1C. The van der Waals surface area contributed by atoms with Gasteiger partial charge >= 0.3 is 0 Å². The van der Waals surface area contributed by atoms with E-state index in [1.165, 1.54) is 32.1 Å². The van der Waals surface area contributed by atoms with Gasteiger partial charge in [-0.25, -0.2) is 0 Å². The molecule has 0 radical (unpaired) electrons. The largest absolute Gasteiger partial charge is 0.395 e. The molecule has 1 N–H and O–H groups in total. The monoisotopic (exact) mass is 252 g/mol. The Morgan fingerprint density at radius 3 is 2.56 bits per heavy atom. The molecule has 1 fully saturated rings.